The minimum atomic E-state index is -3.71. The largest absolute Gasteiger partial charge is 0.383 e. The molecule has 1 fully saturated rings. The van der Waals surface area contributed by atoms with Crippen molar-refractivity contribution in [2.45, 2.75) is 37.3 Å². The zero-order valence-electron chi connectivity index (χ0n) is 13.3. The smallest absolute Gasteiger partial charge is 0.243 e. The molecule has 0 spiro atoms. The molecule has 124 valence electrons. The van der Waals surface area contributed by atoms with Crippen LogP contribution in [0.3, 0.4) is 0 Å². The molecule has 2 atom stereocenters. The molecule has 0 aliphatic carbocycles. The van der Waals surface area contributed by atoms with Gasteiger partial charge in [0.15, 0.2) is 0 Å². The molecule has 5 nitrogen and oxygen atoms in total. The third kappa shape index (κ3) is 3.17. The molecule has 1 aromatic rings. The fourth-order valence-corrected chi connectivity index (χ4v) is 4.67. The Balaban J connectivity index is 2.40. The maximum absolute atomic E-state index is 13.7. The second kappa shape index (κ2) is 6.62. The number of nitrogens with zero attached hydrogens (tertiary/aromatic N) is 1. The lowest BCUT2D eigenvalue weighted by molar-refractivity contribution is 0.110. The van der Waals surface area contributed by atoms with E-state index in [0.717, 1.165) is 0 Å². The normalized spacial score (nSPS) is 23.1. The Morgan fingerprint density at radius 3 is 2.36 bits per heavy atom. The molecule has 0 unspecified atom stereocenters. The fraction of sp³-hybridized carbons (Fsp3) is 0.600. The van der Waals surface area contributed by atoms with Crippen molar-refractivity contribution in [1.29, 1.82) is 0 Å². The van der Waals surface area contributed by atoms with Crippen molar-refractivity contribution in [3.8, 4) is 0 Å². The van der Waals surface area contributed by atoms with Gasteiger partial charge in [0.05, 0.1) is 23.6 Å². The lowest BCUT2D eigenvalue weighted by Crippen LogP contribution is -2.38. The fourth-order valence-electron chi connectivity index (χ4n) is 2.84. The van der Waals surface area contributed by atoms with Gasteiger partial charge in [0.25, 0.3) is 0 Å². The molecule has 1 aromatic carbocycles. The number of rotatable bonds is 5. The van der Waals surface area contributed by atoms with Crippen molar-refractivity contribution >= 4 is 10.0 Å². The van der Waals surface area contributed by atoms with Crippen LogP contribution in [0.4, 0.5) is 4.39 Å². The second-order valence-corrected chi connectivity index (χ2v) is 7.54. The number of ether oxygens (including phenoxy) is 2. The number of sulfonamides is 1. The van der Waals surface area contributed by atoms with E-state index in [9.17, 15) is 12.8 Å². The van der Waals surface area contributed by atoms with Gasteiger partial charge in [-0.2, -0.15) is 4.31 Å². The summed E-state index contributed by atoms with van der Waals surface area (Å²) in [5.74, 6) is -0.372. The summed E-state index contributed by atoms with van der Waals surface area (Å²) in [7, 11) is -0.603. The van der Waals surface area contributed by atoms with Crippen LogP contribution in [0.1, 0.15) is 17.5 Å². The van der Waals surface area contributed by atoms with Gasteiger partial charge < -0.3 is 9.47 Å². The minimum absolute atomic E-state index is 0.113. The molecule has 22 heavy (non-hydrogen) atoms. The lowest BCUT2D eigenvalue weighted by Gasteiger charge is -2.23. The summed E-state index contributed by atoms with van der Waals surface area (Å²) in [6.45, 7) is 3.71. The highest BCUT2D eigenvalue weighted by Crippen LogP contribution is 2.29. The van der Waals surface area contributed by atoms with E-state index in [1.807, 2.05) is 0 Å². The zero-order chi connectivity index (χ0) is 16.5. The van der Waals surface area contributed by atoms with Crippen molar-refractivity contribution in [3.63, 3.8) is 0 Å². The summed E-state index contributed by atoms with van der Waals surface area (Å²) in [5.41, 5.74) is 0.647. The van der Waals surface area contributed by atoms with E-state index < -0.39 is 10.0 Å². The molecule has 0 amide bonds. The first kappa shape index (κ1) is 17.3. The number of methoxy groups -OCH3 is 2. The maximum Gasteiger partial charge on any atom is 0.243 e. The van der Waals surface area contributed by atoms with Gasteiger partial charge >= 0.3 is 0 Å². The number of hydrogen-bond acceptors (Lipinski definition) is 4. The highest BCUT2D eigenvalue weighted by Gasteiger charge is 2.40. The van der Waals surface area contributed by atoms with Crippen LogP contribution in [0.15, 0.2) is 17.0 Å². The molecule has 1 aliphatic rings. The summed E-state index contributed by atoms with van der Waals surface area (Å²) in [6, 6.07) is 2.48. The minimum Gasteiger partial charge on any atom is -0.383 e. The average molecular weight is 331 g/mol. The number of hydrogen-bond donors (Lipinski definition) is 0. The topological polar surface area (TPSA) is 55.8 Å². The van der Waals surface area contributed by atoms with Crippen molar-refractivity contribution in [1.82, 2.24) is 4.31 Å². The third-order valence-corrected chi connectivity index (χ3v) is 5.93. The lowest BCUT2D eigenvalue weighted by atomic mass is 10.1. The van der Waals surface area contributed by atoms with Gasteiger partial charge in [0.2, 0.25) is 10.0 Å². The summed E-state index contributed by atoms with van der Waals surface area (Å²) in [5, 5.41) is 0. The number of benzene rings is 1. The Hall–Kier alpha value is -1.02. The molecule has 0 saturated carbocycles. The first-order valence-electron chi connectivity index (χ1n) is 7.11. The van der Waals surface area contributed by atoms with Crippen LogP contribution in [0.5, 0.6) is 0 Å². The van der Waals surface area contributed by atoms with E-state index in [-0.39, 0.29) is 29.4 Å². The summed E-state index contributed by atoms with van der Waals surface area (Å²) < 4.78 is 51.3. The Morgan fingerprint density at radius 2 is 1.86 bits per heavy atom. The highest BCUT2D eigenvalue weighted by molar-refractivity contribution is 7.89. The van der Waals surface area contributed by atoms with Crippen LogP contribution in [0, 0.1) is 19.7 Å². The van der Waals surface area contributed by atoms with Gasteiger partial charge in [0.1, 0.15) is 5.82 Å². The molecule has 2 rings (SSSR count). The van der Waals surface area contributed by atoms with Gasteiger partial charge in [-0.15, -0.1) is 0 Å². The average Bonchev–Trinajstić information content (AvgIpc) is 2.88. The van der Waals surface area contributed by atoms with E-state index in [2.05, 4.69) is 0 Å². The Morgan fingerprint density at radius 1 is 1.27 bits per heavy atom. The van der Waals surface area contributed by atoms with Gasteiger partial charge in [-0.1, -0.05) is 0 Å². The predicted molar refractivity (Wildman–Crippen MR) is 80.8 cm³/mol. The zero-order valence-corrected chi connectivity index (χ0v) is 14.1. The summed E-state index contributed by atoms with van der Waals surface area (Å²) in [4.78, 5) is 0.113. The molecule has 1 heterocycles. The van der Waals surface area contributed by atoms with Crippen LogP contribution in [0.2, 0.25) is 0 Å². The first-order valence-corrected chi connectivity index (χ1v) is 8.55. The number of halogens is 1. The van der Waals surface area contributed by atoms with Gasteiger partial charge in [-0.25, -0.2) is 12.8 Å². The van der Waals surface area contributed by atoms with Crippen LogP contribution in [-0.2, 0) is 19.5 Å². The van der Waals surface area contributed by atoms with E-state index in [1.54, 1.807) is 21.0 Å². The van der Waals surface area contributed by atoms with E-state index in [4.69, 9.17) is 9.47 Å². The molecule has 1 aliphatic heterocycles. The second-order valence-electron chi connectivity index (χ2n) is 5.65. The van der Waals surface area contributed by atoms with Crippen molar-refractivity contribution < 1.29 is 22.3 Å². The van der Waals surface area contributed by atoms with Gasteiger partial charge in [-0.05, 0) is 43.5 Å². The standard InChI is InChI=1S/C15H22FNO4S/c1-10-5-14(6-11(2)15(10)16)22(18,19)17-8-13(21-4)7-12(17)9-20-3/h5-6,12-13H,7-9H2,1-4H3/t12-,13-/m0/s1. The highest BCUT2D eigenvalue weighted by atomic mass is 32.2. The van der Waals surface area contributed by atoms with E-state index in [1.165, 1.54) is 23.5 Å². The van der Waals surface area contributed by atoms with Gasteiger partial charge in [-0.3, -0.25) is 0 Å². The quantitative estimate of drug-likeness (QED) is 0.826. The summed E-state index contributed by atoms with van der Waals surface area (Å²) >= 11 is 0. The van der Waals surface area contributed by atoms with Crippen molar-refractivity contribution in [3.05, 3.63) is 29.1 Å². The van der Waals surface area contributed by atoms with Crippen molar-refractivity contribution in [2.24, 2.45) is 0 Å². The SMILES string of the molecule is COC[C@@H]1C[C@H](OC)CN1S(=O)(=O)c1cc(C)c(F)c(C)c1. The Bertz CT molecular complexity index is 624. The third-order valence-electron chi connectivity index (χ3n) is 4.03. The van der Waals surface area contributed by atoms with E-state index in [0.29, 0.717) is 24.2 Å². The van der Waals surface area contributed by atoms with Gasteiger partial charge in [0, 0.05) is 20.8 Å². The number of aryl methyl sites for hydroxylation is 2. The molecule has 1 saturated heterocycles. The molecule has 7 heteroatoms. The Kier molecular flexibility index (Phi) is 5.21. The van der Waals surface area contributed by atoms with Crippen LogP contribution in [-0.4, -0.2) is 52.2 Å². The predicted octanol–water partition coefficient (Wildman–Crippen LogP) is 1.87. The molecular formula is C15H22FNO4S. The van der Waals surface area contributed by atoms with Crippen LogP contribution in [0.25, 0.3) is 0 Å². The monoisotopic (exact) mass is 331 g/mol. The molecule has 0 bridgehead atoms. The summed E-state index contributed by atoms with van der Waals surface area (Å²) in [6.07, 6.45) is 0.431. The van der Waals surface area contributed by atoms with Crippen LogP contribution < -0.4 is 0 Å². The molecule has 0 aromatic heterocycles. The Labute approximate surface area is 131 Å². The molecule has 0 N–H and O–H groups in total. The first-order chi connectivity index (χ1) is 10.3. The molecule has 0 radical (unpaired) electrons. The molecular weight excluding hydrogens is 309 g/mol. The van der Waals surface area contributed by atoms with Crippen molar-refractivity contribution in [2.75, 3.05) is 27.4 Å². The van der Waals surface area contributed by atoms with E-state index >= 15 is 0 Å². The maximum atomic E-state index is 13.7. The van der Waals surface area contributed by atoms with Crippen LogP contribution >= 0.6 is 0 Å².